The van der Waals surface area contributed by atoms with Crippen LogP contribution in [0.2, 0.25) is 0 Å². The average molecular weight is 595 g/mol. The molecule has 1 amide bonds. The van der Waals surface area contributed by atoms with Crippen LogP contribution in [0, 0.1) is 0 Å². The second-order valence-electron chi connectivity index (χ2n) is 9.88. The van der Waals surface area contributed by atoms with Gasteiger partial charge in [-0.2, -0.15) is 5.09 Å². The summed E-state index contributed by atoms with van der Waals surface area (Å²) in [6.07, 6.45) is -2.50. The summed E-state index contributed by atoms with van der Waals surface area (Å²) in [5.41, 5.74) is -2.06. The number of carbonyl (C=O) groups is 2. The van der Waals surface area contributed by atoms with E-state index in [0.717, 1.165) is 6.92 Å². The number of amides is 1. The van der Waals surface area contributed by atoms with E-state index >= 15 is 4.39 Å². The smallest absolute Gasteiger partial charge is 0.459 e. The highest BCUT2D eigenvalue weighted by Gasteiger charge is 2.56. The number of fused-ring (bicyclic) bond motifs is 1. The van der Waals surface area contributed by atoms with Crippen molar-refractivity contribution < 1.29 is 42.2 Å². The molecule has 6 atom stereocenters. The number of aliphatic hydroxyl groups is 1. The molecule has 4 rings (SSSR count). The Morgan fingerprint density at radius 1 is 1.22 bits per heavy atom. The number of aromatic nitrogens is 4. The van der Waals surface area contributed by atoms with Crippen LogP contribution in [-0.4, -0.2) is 73.1 Å². The molecule has 0 spiro atoms. The fraction of sp³-hybridized carbons (Fsp3) is 0.480. The molecule has 0 saturated carbocycles. The molecule has 0 aliphatic carbocycles. The molecule has 1 aliphatic rings. The van der Waals surface area contributed by atoms with Gasteiger partial charge in [0.2, 0.25) is 5.91 Å². The van der Waals surface area contributed by atoms with Gasteiger partial charge in [0.25, 0.3) is 0 Å². The quantitative estimate of drug-likeness (QED) is 0.219. The number of anilines is 1. The highest BCUT2D eigenvalue weighted by atomic mass is 31.2. The molecule has 222 valence electrons. The van der Waals surface area contributed by atoms with Gasteiger partial charge in [-0.05, 0) is 39.8 Å². The zero-order chi connectivity index (χ0) is 29.9. The Labute approximate surface area is 235 Å². The molecule has 3 N–H and O–H groups in total. The van der Waals surface area contributed by atoms with Gasteiger partial charge in [0.15, 0.2) is 28.9 Å². The van der Waals surface area contributed by atoms with Gasteiger partial charge >= 0.3 is 13.7 Å². The predicted octanol–water partition coefficient (Wildman–Crippen LogP) is 2.90. The molecular weight excluding hydrogens is 562 g/mol. The van der Waals surface area contributed by atoms with E-state index in [9.17, 15) is 19.3 Å². The van der Waals surface area contributed by atoms with Gasteiger partial charge in [-0.15, -0.1) is 0 Å². The first kappa shape index (κ1) is 30.5. The summed E-state index contributed by atoms with van der Waals surface area (Å²) in [7, 11) is -4.30. The molecule has 0 radical (unpaired) electrons. The Morgan fingerprint density at radius 3 is 2.59 bits per heavy atom. The molecule has 14 nitrogen and oxygen atoms in total. The first-order chi connectivity index (χ1) is 19.3. The summed E-state index contributed by atoms with van der Waals surface area (Å²) in [6, 6.07) is 6.99. The van der Waals surface area contributed by atoms with Gasteiger partial charge in [-0.1, -0.05) is 18.2 Å². The van der Waals surface area contributed by atoms with Gasteiger partial charge in [-0.3, -0.25) is 18.7 Å². The molecule has 1 saturated heterocycles. The number of nitrogens with zero attached hydrogens (tertiary/aromatic N) is 4. The van der Waals surface area contributed by atoms with Crippen LogP contribution >= 0.6 is 7.75 Å². The molecule has 41 heavy (non-hydrogen) atoms. The Hall–Kier alpha value is -3.49. The van der Waals surface area contributed by atoms with E-state index in [1.54, 1.807) is 32.0 Å². The summed E-state index contributed by atoms with van der Waals surface area (Å²) in [4.78, 5) is 36.2. The summed E-state index contributed by atoms with van der Waals surface area (Å²) >= 11 is 0. The fourth-order valence-electron chi connectivity index (χ4n) is 4.14. The van der Waals surface area contributed by atoms with Gasteiger partial charge in [-0.25, -0.2) is 23.9 Å². The lowest BCUT2D eigenvalue weighted by atomic mass is 9.98. The van der Waals surface area contributed by atoms with Crippen LogP contribution in [0.3, 0.4) is 0 Å². The fourth-order valence-corrected chi connectivity index (χ4v) is 5.64. The van der Waals surface area contributed by atoms with E-state index in [2.05, 4.69) is 25.4 Å². The Balaban J connectivity index is 1.55. The lowest BCUT2D eigenvalue weighted by molar-refractivity contribution is -0.149. The number of aliphatic hydroxyl groups excluding tert-OH is 1. The maximum atomic E-state index is 16.0. The second kappa shape index (κ2) is 12.2. The van der Waals surface area contributed by atoms with E-state index < -0.39 is 56.6 Å². The van der Waals surface area contributed by atoms with Crippen molar-refractivity contribution in [2.45, 2.75) is 70.9 Å². The lowest BCUT2D eigenvalue weighted by Crippen LogP contribution is -2.41. The predicted molar refractivity (Wildman–Crippen MR) is 144 cm³/mol. The van der Waals surface area contributed by atoms with Gasteiger partial charge in [0.05, 0.1) is 19.0 Å². The SMILES string of the molecule is CC(=O)Nc1ncnc2c1ncn2[C@@H]1O[C@H](COP(=O)(N[C@@H](C)C(=O)OC(C)C)Oc2ccccc2)[C@@H](O)[C@@]1(C)F. The Kier molecular flexibility index (Phi) is 9.04. The maximum absolute atomic E-state index is 16.0. The number of carbonyl (C=O) groups excluding carboxylic acids is 2. The topological polar surface area (TPSA) is 176 Å². The standard InChI is InChI=1S/C25H32FN6O8P/c1-14(2)38-23(35)15(3)31-41(36,40-17-9-7-6-8-10-17)37-11-18-20(34)25(5,26)24(39-18)32-13-29-19-21(30-16(4)33)27-12-28-22(19)32/h6-10,12-15,18,20,24,34H,11H2,1-5H3,(H,31,36)(H,27,28,30,33)/t15-,18+,20+,24+,25+,41?/m0/s1. The lowest BCUT2D eigenvalue weighted by Gasteiger charge is -2.25. The minimum atomic E-state index is -4.30. The van der Waals surface area contributed by atoms with Crippen LogP contribution in [0.1, 0.15) is 40.8 Å². The first-order valence-corrected chi connectivity index (χ1v) is 14.3. The number of nitrogens with one attached hydrogen (secondary N) is 2. The molecule has 1 aliphatic heterocycles. The third-order valence-corrected chi connectivity index (χ3v) is 7.70. The van der Waals surface area contributed by atoms with E-state index in [1.807, 2.05) is 0 Å². The summed E-state index contributed by atoms with van der Waals surface area (Å²) in [5.74, 6) is -0.785. The number of halogens is 1. The largest absolute Gasteiger partial charge is 0.462 e. The number of imidazole rings is 1. The minimum Gasteiger partial charge on any atom is -0.462 e. The van der Waals surface area contributed by atoms with Gasteiger partial charge in [0.1, 0.15) is 30.3 Å². The van der Waals surface area contributed by atoms with Gasteiger partial charge < -0.3 is 24.4 Å². The number of alkyl halides is 1. The van der Waals surface area contributed by atoms with E-state index in [0.29, 0.717) is 0 Å². The normalized spacial score (nSPS) is 24.6. The minimum absolute atomic E-state index is 0.121. The van der Waals surface area contributed by atoms with E-state index in [1.165, 1.54) is 43.2 Å². The van der Waals surface area contributed by atoms with Crippen molar-refractivity contribution in [2.24, 2.45) is 0 Å². The number of rotatable bonds is 11. The highest BCUT2D eigenvalue weighted by Crippen LogP contribution is 2.48. The third kappa shape index (κ3) is 6.88. The van der Waals surface area contributed by atoms with Crippen molar-refractivity contribution >= 4 is 36.6 Å². The Morgan fingerprint density at radius 2 is 1.93 bits per heavy atom. The van der Waals surface area contributed by atoms with Crippen LogP contribution in [0.15, 0.2) is 43.0 Å². The molecule has 0 bridgehead atoms. The van der Waals surface area contributed by atoms with Gasteiger partial charge in [0, 0.05) is 6.92 Å². The van der Waals surface area contributed by atoms with Crippen molar-refractivity contribution in [3.63, 3.8) is 0 Å². The zero-order valence-corrected chi connectivity index (χ0v) is 23.9. The van der Waals surface area contributed by atoms with E-state index in [-0.39, 0.29) is 28.6 Å². The first-order valence-electron chi connectivity index (χ1n) is 12.8. The maximum Gasteiger partial charge on any atom is 0.459 e. The zero-order valence-electron chi connectivity index (χ0n) is 23.1. The molecule has 1 aromatic carbocycles. The monoisotopic (exact) mass is 594 g/mol. The number of para-hydroxylation sites is 1. The van der Waals surface area contributed by atoms with Crippen molar-refractivity contribution in [1.82, 2.24) is 24.6 Å². The number of ether oxygens (including phenoxy) is 2. The van der Waals surface area contributed by atoms with Crippen LogP contribution in [0.25, 0.3) is 11.2 Å². The van der Waals surface area contributed by atoms with Crippen LogP contribution in [0.5, 0.6) is 5.75 Å². The van der Waals surface area contributed by atoms with Crippen LogP contribution in [-0.2, 0) is 28.2 Å². The summed E-state index contributed by atoms with van der Waals surface area (Å²) < 4.78 is 53.2. The highest BCUT2D eigenvalue weighted by molar-refractivity contribution is 7.52. The molecule has 2 aromatic heterocycles. The Bertz CT molecular complexity index is 1440. The molecule has 1 fully saturated rings. The number of hydrogen-bond acceptors (Lipinski definition) is 11. The van der Waals surface area contributed by atoms with Crippen LogP contribution < -0.4 is 14.9 Å². The number of hydrogen-bond donors (Lipinski definition) is 3. The van der Waals surface area contributed by atoms with Crippen LogP contribution in [0.4, 0.5) is 10.2 Å². The molecule has 3 heterocycles. The summed E-state index contributed by atoms with van der Waals surface area (Å²) in [5, 5.41) is 15.9. The average Bonchev–Trinajstić information content (AvgIpc) is 3.41. The summed E-state index contributed by atoms with van der Waals surface area (Å²) in [6.45, 7) is 6.60. The molecule has 3 aromatic rings. The van der Waals surface area contributed by atoms with Crippen molar-refractivity contribution in [2.75, 3.05) is 11.9 Å². The number of esters is 1. The van der Waals surface area contributed by atoms with Crippen molar-refractivity contribution in [3.8, 4) is 5.75 Å². The third-order valence-electron chi connectivity index (χ3n) is 6.06. The molecular formula is C25H32FN6O8P. The molecule has 1 unspecified atom stereocenters. The van der Waals surface area contributed by atoms with Crippen molar-refractivity contribution in [3.05, 3.63) is 43.0 Å². The second-order valence-corrected chi connectivity index (χ2v) is 11.6. The molecule has 16 heteroatoms. The number of benzene rings is 1. The van der Waals surface area contributed by atoms with Crippen molar-refractivity contribution in [1.29, 1.82) is 0 Å². The van der Waals surface area contributed by atoms with E-state index in [4.69, 9.17) is 18.5 Å².